The predicted octanol–water partition coefficient (Wildman–Crippen LogP) is 5.38. The second-order valence-electron chi connectivity index (χ2n) is 7.18. The number of halogens is 1. The van der Waals surface area contributed by atoms with E-state index in [1.807, 2.05) is 44.2 Å². The molecule has 0 aliphatic heterocycles. The number of hydrogen-bond acceptors (Lipinski definition) is 5. The standard InChI is InChI=1S/C25H21ClN2O4/c1-15-10-21(11-16(2)23(15)26)32-20-8-6-17(7-9-20)14-28-25(31)19(13-27)12-18-4-3-5-22(29)24(18)30/h3-12,29-30H,14H2,1-2H3,(H,28,31)/b19-12-. The highest BCUT2D eigenvalue weighted by molar-refractivity contribution is 6.32. The van der Waals surface area contributed by atoms with Gasteiger partial charge < -0.3 is 20.3 Å². The summed E-state index contributed by atoms with van der Waals surface area (Å²) in [6.45, 7) is 4.03. The predicted molar refractivity (Wildman–Crippen MR) is 123 cm³/mol. The first-order chi connectivity index (χ1) is 15.3. The van der Waals surface area contributed by atoms with Crippen LogP contribution in [0.4, 0.5) is 0 Å². The average molecular weight is 449 g/mol. The summed E-state index contributed by atoms with van der Waals surface area (Å²) in [4.78, 5) is 12.4. The minimum atomic E-state index is -0.595. The summed E-state index contributed by atoms with van der Waals surface area (Å²) < 4.78 is 5.88. The summed E-state index contributed by atoms with van der Waals surface area (Å²) in [6, 6.07) is 17.0. The average Bonchev–Trinajstić information content (AvgIpc) is 2.77. The van der Waals surface area contributed by atoms with Crippen LogP contribution in [-0.4, -0.2) is 16.1 Å². The zero-order valence-corrected chi connectivity index (χ0v) is 18.3. The molecule has 0 saturated heterocycles. The molecule has 3 rings (SSSR count). The Morgan fingerprint density at radius 2 is 1.75 bits per heavy atom. The summed E-state index contributed by atoms with van der Waals surface area (Å²) in [7, 11) is 0. The van der Waals surface area contributed by atoms with E-state index in [1.165, 1.54) is 24.3 Å². The second-order valence-corrected chi connectivity index (χ2v) is 7.56. The molecule has 3 N–H and O–H groups in total. The molecule has 0 bridgehead atoms. The van der Waals surface area contributed by atoms with Gasteiger partial charge in [0.2, 0.25) is 0 Å². The quantitative estimate of drug-likeness (QED) is 0.267. The van der Waals surface area contributed by atoms with Crippen LogP contribution < -0.4 is 10.1 Å². The van der Waals surface area contributed by atoms with Gasteiger partial charge in [0.1, 0.15) is 23.1 Å². The van der Waals surface area contributed by atoms with Gasteiger partial charge in [0.05, 0.1) is 0 Å². The Bertz CT molecular complexity index is 1200. The van der Waals surface area contributed by atoms with E-state index in [2.05, 4.69) is 5.32 Å². The molecule has 162 valence electrons. The van der Waals surface area contributed by atoms with Gasteiger partial charge in [0.15, 0.2) is 11.5 Å². The largest absolute Gasteiger partial charge is 0.504 e. The lowest BCUT2D eigenvalue weighted by atomic mass is 10.1. The van der Waals surface area contributed by atoms with E-state index in [9.17, 15) is 20.3 Å². The first-order valence-electron chi connectivity index (χ1n) is 9.73. The molecule has 0 aliphatic carbocycles. The Labute approximate surface area is 191 Å². The van der Waals surface area contributed by atoms with Crippen LogP contribution in [0.2, 0.25) is 5.02 Å². The number of aromatic hydroxyl groups is 2. The van der Waals surface area contributed by atoms with Crippen LogP contribution in [0, 0.1) is 25.2 Å². The highest BCUT2D eigenvalue weighted by atomic mass is 35.5. The first kappa shape index (κ1) is 22.7. The van der Waals surface area contributed by atoms with Crippen molar-refractivity contribution in [3.63, 3.8) is 0 Å². The number of carbonyl (C=O) groups is 1. The molecular weight excluding hydrogens is 428 g/mol. The summed E-state index contributed by atoms with van der Waals surface area (Å²) in [6.07, 6.45) is 1.22. The van der Waals surface area contributed by atoms with Crippen LogP contribution in [0.5, 0.6) is 23.0 Å². The molecule has 0 saturated carbocycles. The molecule has 0 aliphatic rings. The number of amides is 1. The summed E-state index contributed by atoms with van der Waals surface area (Å²) in [5.41, 5.74) is 2.65. The zero-order chi connectivity index (χ0) is 23.3. The first-order valence-corrected chi connectivity index (χ1v) is 10.1. The number of nitrogens with zero attached hydrogens (tertiary/aromatic N) is 1. The highest BCUT2D eigenvalue weighted by Gasteiger charge is 2.12. The highest BCUT2D eigenvalue weighted by Crippen LogP contribution is 2.30. The fraction of sp³-hybridized carbons (Fsp3) is 0.120. The molecule has 3 aromatic carbocycles. The van der Waals surface area contributed by atoms with Gasteiger partial charge in [-0.15, -0.1) is 0 Å². The molecule has 7 heteroatoms. The molecule has 6 nitrogen and oxygen atoms in total. The molecular formula is C25H21ClN2O4. The topological polar surface area (TPSA) is 103 Å². The third-order valence-corrected chi connectivity index (χ3v) is 5.33. The van der Waals surface area contributed by atoms with Crippen molar-refractivity contribution in [2.75, 3.05) is 0 Å². The lowest BCUT2D eigenvalue weighted by Crippen LogP contribution is -2.23. The Morgan fingerprint density at radius 1 is 1.09 bits per heavy atom. The van der Waals surface area contributed by atoms with E-state index in [0.29, 0.717) is 16.5 Å². The number of rotatable bonds is 6. The van der Waals surface area contributed by atoms with Crippen molar-refractivity contribution in [1.29, 1.82) is 5.26 Å². The third kappa shape index (κ3) is 5.39. The van der Waals surface area contributed by atoms with Crippen molar-refractivity contribution >= 4 is 23.6 Å². The monoisotopic (exact) mass is 448 g/mol. The molecule has 0 unspecified atom stereocenters. The van der Waals surface area contributed by atoms with E-state index in [1.54, 1.807) is 12.1 Å². The zero-order valence-electron chi connectivity index (χ0n) is 17.5. The smallest absolute Gasteiger partial charge is 0.262 e. The van der Waals surface area contributed by atoms with E-state index in [-0.39, 0.29) is 23.4 Å². The maximum Gasteiger partial charge on any atom is 0.262 e. The number of benzene rings is 3. The Kier molecular flexibility index (Phi) is 7.04. The number of phenolic OH excluding ortho intramolecular Hbond substituents is 2. The lowest BCUT2D eigenvalue weighted by molar-refractivity contribution is -0.117. The van der Waals surface area contributed by atoms with Gasteiger partial charge in [0.25, 0.3) is 5.91 Å². The molecule has 3 aromatic rings. The fourth-order valence-electron chi connectivity index (χ4n) is 3.02. The fourth-order valence-corrected chi connectivity index (χ4v) is 3.13. The lowest BCUT2D eigenvalue weighted by Gasteiger charge is -2.10. The number of para-hydroxylation sites is 1. The van der Waals surface area contributed by atoms with Crippen molar-refractivity contribution < 1.29 is 19.7 Å². The Hall–Kier alpha value is -3.95. The molecule has 1 amide bonds. The van der Waals surface area contributed by atoms with Gasteiger partial charge in [-0.1, -0.05) is 35.9 Å². The minimum absolute atomic E-state index is 0.172. The van der Waals surface area contributed by atoms with Crippen LogP contribution >= 0.6 is 11.6 Å². The second kappa shape index (κ2) is 9.90. The van der Waals surface area contributed by atoms with Gasteiger partial charge in [-0.2, -0.15) is 5.26 Å². The number of carbonyl (C=O) groups excluding carboxylic acids is 1. The van der Waals surface area contributed by atoms with Crippen molar-refractivity contribution in [2.24, 2.45) is 0 Å². The molecule has 0 aromatic heterocycles. The van der Waals surface area contributed by atoms with E-state index >= 15 is 0 Å². The Morgan fingerprint density at radius 3 is 2.38 bits per heavy atom. The van der Waals surface area contributed by atoms with Crippen LogP contribution in [0.25, 0.3) is 6.08 Å². The van der Waals surface area contributed by atoms with Gasteiger partial charge in [0, 0.05) is 17.1 Å². The van der Waals surface area contributed by atoms with Crippen molar-refractivity contribution in [2.45, 2.75) is 20.4 Å². The van der Waals surface area contributed by atoms with E-state index in [0.717, 1.165) is 16.7 Å². The molecule has 0 fully saturated rings. The minimum Gasteiger partial charge on any atom is -0.504 e. The number of nitriles is 1. The normalized spacial score (nSPS) is 11.0. The Balaban J connectivity index is 1.64. The molecule has 0 heterocycles. The SMILES string of the molecule is Cc1cc(Oc2ccc(CNC(=O)/C(C#N)=C\c3cccc(O)c3O)cc2)cc(C)c1Cl. The van der Waals surface area contributed by atoms with Gasteiger partial charge in [-0.25, -0.2) is 0 Å². The van der Waals surface area contributed by atoms with Gasteiger partial charge in [-0.05, 0) is 66.9 Å². The number of ether oxygens (including phenoxy) is 1. The maximum atomic E-state index is 12.4. The summed E-state index contributed by atoms with van der Waals surface area (Å²) >= 11 is 6.19. The molecule has 0 spiro atoms. The number of phenols is 2. The van der Waals surface area contributed by atoms with Crippen LogP contribution in [0.1, 0.15) is 22.3 Å². The van der Waals surface area contributed by atoms with Crippen molar-refractivity contribution in [3.8, 4) is 29.1 Å². The molecule has 32 heavy (non-hydrogen) atoms. The van der Waals surface area contributed by atoms with E-state index < -0.39 is 11.7 Å². The summed E-state index contributed by atoms with van der Waals surface area (Å²) in [5.74, 6) is 0.00250. The van der Waals surface area contributed by atoms with E-state index in [4.69, 9.17) is 16.3 Å². The van der Waals surface area contributed by atoms with Crippen LogP contribution in [0.3, 0.4) is 0 Å². The van der Waals surface area contributed by atoms with Crippen molar-refractivity contribution in [1.82, 2.24) is 5.32 Å². The van der Waals surface area contributed by atoms with Crippen LogP contribution in [-0.2, 0) is 11.3 Å². The number of hydrogen-bond donors (Lipinski definition) is 3. The molecule has 0 radical (unpaired) electrons. The van der Waals surface area contributed by atoms with Crippen LogP contribution in [0.15, 0.2) is 60.2 Å². The van der Waals surface area contributed by atoms with Gasteiger partial charge in [-0.3, -0.25) is 4.79 Å². The summed E-state index contributed by atoms with van der Waals surface area (Å²) in [5, 5.41) is 32.1. The van der Waals surface area contributed by atoms with Gasteiger partial charge >= 0.3 is 0 Å². The number of aryl methyl sites for hydroxylation is 2. The number of nitrogens with one attached hydrogen (secondary N) is 1. The third-order valence-electron chi connectivity index (χ3n) is 4.73. The maximum absolute atomic E-state index is 12.4. The molecule has 0 atom stereocenters. The van der Waals surface area contributed by atoms with Crippen molar-refractivity contribution in [3.05, 3.63) is 87.4 Å².